The van der Waals surface area contributed by atoms with Crippen LogP contribution >= 0.6 is 0 Å². The summed E-state index contributed by atoms with van der Waals surface area (Å²) in [5, 5.41) is 19.9. The van der Waals surface area contributed by atoms with Gasteiger partial charge >= 0.3 is 5.97 Å². The third-order valence-corrected chi connectivity index (χ3v) is 3.27. The Bertz CT molecular complexity index is 589. The lowest BCUT2D eigenvalue weighted by molar-refractivity contribution is -0.142. The maximum Gasteiger partial charge on any atom is 0.328 e. The number of aliphatic carboxylic acids is 1. The van der Waals surface area contributed by atoms with Crippen molar-refractivity contribution in [3.8, 4) is 0 Å². The molecule has 0 spiro atoms. The van der Waals surface area contributed by atoms with E-state index < -0.39 is 30.3 Å². The molecular formula is C15H17NO6. The number of carboxylic acids is 1. The number of carboxylic acid groups (broad SMARTS) is 1. The first kappa shape index (κ1) is 15.8. The van der Waals surface area contributed by atoms with Crippen LogP contribution in [0.25, 0.3) is 0 Å². The van der Waals surface area contributed by atoms with E-state index in [2.05, 4.69) is 5.32 Å². The van der Waals surface area contributed by atoms with Gasteiger partial charge in [0.15, 0.2) is 0 Å². The van der Waals surface area contributed by atoms with Crippen molar-refractivity contribution < 1.29 is 29.3 Å². The van der Waals surface area contributed by atoms with Gasteiger partial charge in [-0.15, -0.1) is 0 Å². The summed E-state index contributed by atoms with van der Waals surface area (Å²) < 4.78 is 10.8. The summed E-state index contributed by atoms with van der Waals surface area (Å²) in [4.78, 5) is 22.6. The molecule has 7 heteroatoms. The number of aliphatic hydroxyl groups excluding tert-OH is 1. The number of hydrogen-bond acceptors (Lipinski definition) is 5. The van der Waals surface area contributed by atoms with E-state index in [1.165, 1.54) is 12.5 Å². The van der Waals surface area contributed by atoms with Crippen LogP contribution in [0.4, 0.5) is 0 Å². The molecule has 118 valence electrons. The van der Waals surface area contributed by atoms with Crippen molar-refractivity contribution in [3.05, 3.63) is 47.9 Å². The molecule has 0 fully saturated rings. The molecule has 1 aliphatic heterocycles. The Morgan fingerprint density at radius 1 is 1.32 bits per heavy atom. The lowest BCUT2D eigenvalue weighted by atomic mass is 10.0. The minimum atomic E-state index is -1.31. The quantitative estimate of drug-likeness (QED) is 0.706. The Hall–Kier alpha value is -2.54. The van der Waals surface area contributed by atoms with Crippen LogP contribution < -0.4 is 5.32 Å². The smallest absolute Gasteiger partial charge is 0.328 e. The van der Waals surface area contributed by atoms with Crippen molar-refractivity contribution in [2.45, 2.75) is 25.2 Å². The summed E-state index contributed by atoms with van der Waals surface area (Å²) in [6.45, 7) is 1.09. The Balaban J connectivity index is 2.04. The zero-order valence-corrected chi connectivity index (χ0v) is 12.0. The van der Waals surface area contributed by atoms with Gasteiger partial charge in [0.2, 0.25) is 5.91 Å². The molecule has 1 unspecified atom stereocenters. The molecule has 1 aromatic carbocycles. The summed E-state index contributed by atoms with van der Waals surface area (Å²) in [5.41, 5.74) is 1.41. The van der Waals surface area contributed by atoms with Gasteiger partial charge in [-0.3, -0.25) is 4.79 Å². The topological polar surface area (TPSA) is 105 Å². The van der Waals surface area contributed by atoms with Gasteiger partial charge in [-0.05, 0) is 11.6 Å². The first-order valence-electron chi connectivity index (χ1n) is 6.68. The zero-order valence-electron chi connectivity index (χ0n) is 12.0. The van der Waals surface area contributed by atoms with Crippen molar-refractivity contribution in [1.29, 1.82) is 0 Å². The Labute approximate surface area is 127 Å². The normalized spacial score (nSPS) is 16.5. The van der Waals surface area contributed by atoms with E-state index in [-0.39, 0.29) is 6.42 Å². The molecule has 7 nitrogen and oxygen atoms in total. The summed E-state index contributed by atoms with van der Waals surface area (Å²) in [6, 6.07) is 5.75. The largest absolute Gasteiger partial charge is 0.480 e. The number of rotatable bonds is 6. The van der Waals surface area contributed by atoms with Crippen molar-refractivity contribution >= 4 is 11.9 Å². The van der Waals surface area contributed by atoms with Crippen LogP contribution in [0.2, 0.25) is 0 Å². The van der Waals surface area contributed by atoms with Gasteiger partial charge in [0, 0.05) is 12.5 Å². The molecule has 0 aliphatic carbocycles. The van der Waals surface area contributed by atoms with Crippen molar-refractivity contribution in [2.24, 2.45) is 0 Å². The predicted molar refractivity (Wildman–Crippen MR) is 75.5 cm³/mol. The van der Waals surface area contributed by atoms with Crippen LogP contribution in [0, 0.1) is 0 Å². The average molecular weight is 307 g/mol. The molecule has 1 aliphatic rings. The third-order valence-electron chi connectivity index (χ3n) is 3.27. The number of benzene rings is 1. The van der Waals surface area contributed by atoms with E-state index in [9.17, 15) is 9.59 Å². The third kappa shape index (κ3) is 3.56. The minimum Gasteiger partial charge on any atom is -0.480 e. The second-order valence-corrected chi connectivity index (χ2v) is 4.97. The number of amides is 1. The number of ether oxygens (including phenoxy) is 2. The molecule has 1 aromatic rings. The summed E-state index contributed by atoms with van der Waals surface area (Å²) in [5.74, 6) is -2.70. The van der Waals surface area contributed by atoms with Crippen LogP contribution in [0.5, 0.6) is 0 Å². The molecule has 0 aromatic heterocycles. The maximum absolute atomic E-state index is 11.8. The molecule has 1 heterocycles. The highest BCUT2D eigenvalue weighted by Crippen LogP contribution is 2.31. The minimum absolute atomic E-state index is 0.0128. The van der Waals surface area contributed by atoms with Crippen molar-refractivity contribution in [2.75, 3.05) is 6.61 Å². The van der Waals surface area contributed by atoms with Gasteiger partial charge in [0.05, 0.1) is 13.0 Å². The Kier molecular flexibility index (Phi) is 4.67. The highest BCUT2D eigenvalue weighted by molar-refractivity contribution is 5.84. The SMILES string of the molecule is CC1(c2cccc(CC(=O)NC(CO)C(=O)O)c2)OC=CO1. The second kappa shape index (κ2) is 6.48. The molecule has 0 radical (unpaired) electrons. The highest BCUT2D eigenvalue weighted by Gasteiger charge is 2.32. The second-order valence-electron chi connectivity index (χ2n) is 4.97. The monoisotopic (exact) mass is 307 g/mol. The van der Waals surface area contributed by atoms with Crippen LogP contribution in [-0.4, -0.2) is 34.7 Å². The molecule has 0 saturated heterocycles. The van der Waals surface area contributed by atoms with Gasteiger partial charge in [0.1, 0.15) is 18.6 Å². The van der Waals surface area contributed by atoms with E-state index in [1.54, 1.807) is 25.1 Å². The molecule has 1 amide bonds. The molecule has 0 bridgehead atoms. The van der Waals surface area contributed by atoms with Gasteiger partial charge < -0.3 is 25.0 Å². The number of nitrogens with one attached hydrogen (secondary N) is 1. The molecule has 2 rings (SSSR count). The predicted octanol–water partition coefficient (Wildman–Crippen LogP) is 0.481. The van der Waals surface area contributed by atoms with Crippen LogP contribution in [0.1, 0.15) is 18.1 Å². The van der Waals surface area contributed by atoms with E-state index in [4.69, 9.17) is 19.7 Å². The summed E-state index contributed by atoms with van der Waals surface area (Å²) >= 11 is 0. The number of hydrogen-bond donors (Lipinski definition) is 3. The van der Waals surface area contributed by atoms with Gasteiger partial charge in [0.25, 0.3) is 5.79 Å². The number of carbonyl (C=O) groups is 2. The van der Waals surface area contributed by atoms with E-state index in [0.29, 0.717) is 5.56 Å². The molecule has 0 saturated carbocycles. The lowest BCUT2D eigenvalue weighted by Crippen LogP contribution is -2.43. The van der Waals surface area contributed by atoms with E-state index in [1.807, 2.05) is 6.07 Å². The van der Waals surface area contributed by atoms with Gasteiger partial charge in [-0.2, -0.15) is 0 Å². The molecule has 22 heavy (non-hydrogen) atoms. The average Bonchev–Trinajstić information content (AvgIpc) is 2.93. The fourth-order valence-electron chi connectivity index (χ4n) is 2.06. The Morgan fingerprint density at radius 2 is 2.00 bits per heavy atom. The molecule has 1 atom stereocenters. The fourth-order valence-corrected chi connectivity index (χ4v) is 2.06. The first-order valence-corrected chi connectivity index (χ1v) is 6.68. The fraction of sp³-hybridized carbons (Fsp3) is 0.333. The zero-order chi connectivity index (χ0) is 16.2. The Morgan fingerprint density at radius 3 is 2.59 bits per heavy atom. The first-order chi connectivity index (χ1) is 10.4. The summed E-state index contributed by atoms with van der Waals surface area (Å²) in [6.07, 6.45) is 2.87. The number of aliphatic hydroxyl groups is 1. The van der Waals surface area contributed by atoms with Crippen LogP contribution in [-0.2, 0) is 31.3 Å². The van der Waals surface area contributed by atoms with Gasteiger partial charge in [-0.1, -0.05) is 18.2 Å². The number of carbonyl (C=O) groups excluding carboxylic acids is 1. The van der Waals surface area contributed by atoms with E-state index in [0.717, 1.165) is 5.56 Å². The van der Waals surface area contributed by atoms with Crippen molar-refractivity contribution in [1.82, 2.24) is 5.32 Å². The lowest BCUT2D eigenvalue weighted by Gasteiger charge is -2.23. The molecular weight excluding hydrogens is 290 g/mol. The highest BCUT2D eigenvalue weighted by atomic mass is 16.7. The molecule has 3 N–H and O–H groups in total. The van der Waals surface area contributed by atoms with Crippen LogP contribution in [0.3, 0.4) is 0 Å². The van der Waals surface area contributed by atoms with Crippen LogP contribution in [0.15, 0.2) is 36.8 Å². The van der Waals surface area contributed by atoms with Crippen molar-refractivity contribution in [3.63, 3.8) is 0 Å². The van der Waals surface area contributed by atoms with Gasteiger partial charge in [-0.25, -0.2) is 4.79 Å². The maximum atomic E-state index is 11.8. The standard InChI is InChI=1S/C15H17NO6/c1-15(21-5-6-22-15)11-4-2-3-10(7-11)8-13(18)16-12(9-17)14(19)20/h2-7,12,17H,8-9H2,1H3,(H,16,18)(H,19,20). The summed E-state index contributed by atoms with van der Waals surface area (Å²) in [7, 11) is 0. The van der Waals surface area contributed by atoms with E-state index >= 15 is 0 Å².